The van der Waals surface area contributed by atoms with Crippen molar-refractivity contribution < 1.29 is 9.53 Å². The number of piperazine rings is 1. The van der Waals surface area contributed by atoms with Gasteiger partial charge in [0.1, 0.15) is 5.75 Å². The van der Waals surface area contributed by atoms with Crippen LogP contribution in [0.4, 0.5) is 5.69 Å². The van der Waals surface area contributed by atoms with E-state index in [1.54, 1.807) is 6.20 Å². The van der Waals surface area contributed by atoms with E-state index in [-0.39, 0.29) is 12.5 Å². The van der Waals surface area contributed by atoms with E-state index in [2.05, 4.69) is 46.9 Å². The van der Waals surface area contributed by atoms with Gasteiger partial charge in [0, 0.05) is 37.4 Å². The fourth-order valence-corrected chi connectivity index (χ4v) is 4.33. The van der Waals surface area contributed by atoms with Crippen LogP contribution in [0.1, 0.15) is 11.1 Å². The lowest BCUT2D eigenvalue weighted by atomic mass is 10.1. The molecule has 0 bridgehead atoms. The van der Waals surface area contributed by atoms with Crippen molar-refractivity contribution in [3.8, 4) is 17.0 Å². The molecule has 0 atom stereocenters. The number of rotatable bonds is 5. The van der Waals surface area contributed by atoms with Crippen molar-refractivity contribution in [2.75, 3.05) is 37.7 Å². The number of hydrogen-bond acceptors (Lipinski definition) is 5. The molecule has 5 rings (SSSR count). The van der Waals surface area contributed by atoms with Gasteiger partial charge >= 0.3 is 0 Å². The van der Waals surface area contributed by atoms with Crippen LogP contribution in [-0.2, 0) is 4.79 Å². The lowest BCUT2D eigenvalue weighted by Crippen LogP contribution is -2.50. The first kappa shape index (κ1) is 21.9. The van der Waals surface area contributed by atoms with Crippen LogP contribution in [0, 0.1) is 13.8 Å². The van der Waals surface area contributed by atoms with Crippen LogP contribution in [0.2, 0.25) is 0 Å². The van der Waals surface area contributed by atoms with Gasteiger partial charge in [-0.25, -0.2) is 4.98 Å². The maximum atomic E-state index is 12.7. The van der Waals surface area contributed by atoms with E-state index in [4.69, 9.17) is 4.74 Å². The maximum Gasteiger partial charge on any atom is 0.260 e. The molecule has 0 radical (unpaired) electrons. The van der Waals surface area contributed by atoms with Gasteiger partial charge in [0.25, 0.3) is 5.91 Å². The molecule has 1 aromatic heterocycles. The number of nitrogens with zero attached hydrogens (tertiary/aromatic N) is 4. The Bertz CT molecular complexity index is 1310. The third kappa shape index (κ3) is 4.57. The molecule has 3 aromatic carbocycles. The topological polar surface area (TPSA) is 58.6 Å². The second-order valence-electron chi connectivity index (χ2n) is 8.64. The summed E-state index contributed by atoms with van der Waals surface area (Å²) in [6.45, 7) is 7.41. The standard InChI is InChI=1S/C28H28N4O2/c1-20-6-5-9-27(21(20)2)31-14-16-32(17-15-31)28(33)19-34-23-12-10-22(11-13-23)26-18-29-24-7-3-4-8-25(24)30-26/h3-13,18H,14-17,19H2,1-2H3. The molecular weight excluding hydrogens is 424 g/mol. The molecule has 1 aliphatic rings. The Morgan fingerprint density at radius 1 is 0.882 bits per heavy atom. The van der Waals surface area contributed by atoms with Crippen molar-refractivity contribution in [3.63, 3.8) is 0 Å². The predicted octanol–water partition coefficient (Wildman–Crippen LogP) is 4.64. The molecular formula is C28H28N4O2. The van der Waals surface area contributed by atoms with Crippen LogP contribution in [0.5, 0.6) is 5.75 Å². The van der Waals surface area contributed by atoms with E-state index in [1.165, 1.54) is 16.8 Å². The number of amides is 1. The number of aryl methyl sites for hydroxylation is 1. The summed E-state index contributed by atoms with van der Waals surface area (Å²) >= 11 is 0. The van der Waals surface area contributed by atoms with Gasteiger partial charge in [0.2, 0.25) is 0 Å². The molecule has 2 heterocycles. The number of fused-ring (bicyclic) bond motifs is 1. The molecule has 1 aliphatic heterocycles. The molecule has 0 aliphatic carbocycles. The van der Waals surface area contributed by atoms with Gasteiger partial charge in [-0.1, -0.05) is 24.3 Å². The first-order chi connectivity index (χ1) is 16.6. The maximum absolute atomic E-state index is 12.7. The molecule has 4 aromatic rings. The molecule has 0 unspecified atom stereocenters. The summed E-state index contributed by atoms with van der Waals surface area (Å²) in [5.41, 5.74) is 7.37. The van der Waals surface area contributed by atoms with Gasteiger partial charge in [-0.15, -0.1) is 0 Å². The van der Waals surface area contributed by atoms with Gasteiger partial charge < -0.3 is 14.5 Å². The molecule has 34 heavy (non-hydrogen) atoms. The SMILES string of the molecule is Cc1cccc(N2CCN(C(=O)COc3ccc(-c4cnc5ccccc5n4)cc3)CC2)c1C. The summed E-state index contributed by atoms with van der Waals surface area (Å²) in [4.78, 5) is 26.1. The van der Waals surface area contributed by atoms with Crippen LogP contribution in [0.25, 0.3) is 22.3 Å². The summed E-state index contributed by atoms with van der Waals surface area (Å²) in [6, 6.07) is 21.8. The Hall–Kier alpha value is -3.93. The summed E-state index contributed by atoms with van der Waals surface area (Å²) in [6.07, 6.45) is 1.78. The normalized spacial score (nSPS) is 13.8. The largest absolute Gasteiger partial charge is 0.484 e. The number of ether oxygens (including phenoxy) is 1. The number of benzene rings is 3. The lowest BCUT2D eigenvalue weighted by molar-refractivity contribution is -0.133. The third-order valence-electron chi connectivity index (χ3n) is 6.51. The number of hydrogen-bond donors (Lipinski definition) is 0. The number of carbonyl (C=O) groups excluding carboxylic acids is 1. The zero-order valence-corrected chi connectivity index (χ0v) is 19.6. The Morgan fingerprint density at radius 3 is 2.38 bits per heavy atom. The van der Waals surface area contributed by atoms with Crippen molar-refractivity contribution in [1.29, 1.82) is 0 Å². The van der Waals surface area contributed by atoms with Crippen LogP contribution in [-0.4, -0.2) is 53.6 Å². The monoisotopic (exact) mass is 452 g/mol. The fraction of sp³-hybridized carbons (Fsp3) is 0.250. The quantitative estimate of drug-likeness (QED) is 0.442. The van der Waals surface area contributed by atoms with E-state index >= 15 is 0 Å². The van der Waals surface area contributed by atoms with Gasteiger partial charge in [0.05, 0.1) is 22.9 Å². The van der Waals surface area contributed by atoms with E-state index in [0.29, 0.717) is 18.8 Å². The van der Waals surface area contributed by atoms with Crippen molar-refractivity contribution in [1.82, 2.24) is 14.9 Å². The molecule has 172 valence electrons. The molecule has 1 amide bonds. The second kappa shape index (κ2) is 9.51. The summed E-state index contributed by atoms with van der Waals surface area (Å²) in [7, 11) is 0. The minimum Gasteiger partial charge on any atom is -0.484 e. The van der Waals surface area contributed by atoms with Crippen molar-refractivity contribution in [2.45, 2.75) is 13.8 Å². The van der Waals surface area contributed by atoms with Crippen molar-refractivity contribution in [2.24, 2.45) is 0 Å². The Labute approximate surface area is 199 Å². The van der Waals surface area contributed by atoms with Gasteiger partial charge in [0.15, 0.2) is 6.61 Å². The van der Waals surface area contributed by atoms with E-state index < -0.39 is 0 Å². The molecule has 0 spiro atoms. The minimum atomic E-state index is 0.0186. The summed E-state index contributed by atoms with van der Waals surface area (Å²) in [5, 5.41) is 0. The zero-order valence-electron chi connectivity index (χ0n) is 19.6. The van der Waals surface area contributed by atoms with Crippen LogP contribution in [0.15, 0.2) is 72.9 Å². The smallest absolute Gasteiger partial charge is 0.260 e. The predicted molar refractivity (Wildman–Crippen MR) is 135 cm³/mol. The van der Waals surface area contributed by atoms with Crippen molar-refractivity contribution in [3.05, 3.63) is 84.1 Å². The Morgan fingerprint density at radius 2 is 1.62 bits per heavy atom. The van der Waals surface area contributed by atoms with E-state index in [0.717, 1.165) is 35.4 Å². The van der Waals surface area contributed by atoms with Gasteiger partial charge in [-0.05, 0) is 67.4 Å². The summed E-state index contributed by atoms with van der Waals surface area (Å²) < 4.78 is 5.79. The highest BCUT2D eigenvalue weighted by molar-refractivity contribution is 5.78. The average Bonchev–Trinajstić information content (AvgIpc) is 2.89. The molecule has 6 nitrogen and oxygen atoms in total. The molecule has 0 saturated carbocycles. The first-order valence-electron chi connectivity index (χ1n) is 11.6. The minimum absolute atomic E-state index is 0.0186. The highest BCUT2D eigenvalue weighted by Crippen LogP contribution is 2.24. The lowest BCUT2D eigenvalue weighted by Gasteiger charge is -2.37. The second-order valence-corrected chi connectivity index (χ2v) is 8.64. The first-order valence-corrected chi connectivity index (χ1v) is 11.6. The highest BCUT2D eigenvalue weighted by Gasteiger charge is 2.22. The molecule has 1 fully saturated rings. The van der Waals surface area contributed by atoms with E-state index in [1.807, 2.05) is 53.4 Å². The van der Waals surface area contributed by atoms with Crippen LogP contribution in [0.3, 0.4) is 0 Å². The summed E-state index contributed by atoms with van der Waals surface area (Å²) in [5.74, 6) is 0.685. The Kier molecular flexibility index (Phi) is 6.12. The van der Waals surface area contributed by atoms with Crippen LogP contribution >= 0.6 is 0 Å². The highest BCUT2D eigenvalue weighted by atomic mass is 16.5. The molecule has 0 N–H and O–H groups in total. The van der Waals surface area contributed by atoms with Crippen LogP contribution < -0.4 is 9.64 Å². The zero-order chi connectivity index (χ0) is 23.5. The Balaban J connectivity index is 1.15. The molecule has 1 saturated heterocycles. The van der Waals surface area contributed by atoms with E-state index in [9.17, 15) is 4.79 Å². The number of anilines is 1. The molecule has 6 heteroatoms. The number of para-hydroxylation sites is 2. The average molecular weight is 453 g/mol. The number of aromatic nitrogens is 2. The fourth-order valence-electron chi connectivity index (χ4n) is 4.33. The van der Waals surface area contributed by atoms with Gasteiger partial charge in [-0.2, -0.15) is 0 Å². The van der Waals surface area contributed by atoms with Gasteiger partial charge in [-0.3, -0.25) is 9.78 Å². The third-order valence-corrected chi connectivity index (χ3v) is 6.51. The van der Waals surface area contributed by atoms with Crippen molar-refractivity contribution >= 4 is 22.6 Å². The number of carbonyl (C=O) groups is 1.